The van der Waals surface area contributed by atoms with Crippen LogP contribution in [0.4, 0.5) is 0 Å². The molecule has 0 bridgehead atoms. The van der Waals surface area contributed by atoms with Gasteiger partial charge in [0.15, 0.2) is 0 Å². The molecule has 0 radical (unpaired) electrons. The molecule has 0 saturated heterocycles. The Morgan fingerprint density at radius 1 is 1.37 bits per heavy atom. The largest absolute Gasteiger partial charge is 0.316 e. The zero-order chi connectivity index (χ0) is 13.5. The van der Waals surface area contributed by atoms with Gasteiger partial charge in [0, 0.05) is 30.9 Å². The molecule has 0 amide bonds. The third kappa shape index (κ3) is 4.29. The molecule has 3 nitrogen and oxygen atoms in total. The normalized spacial score (nSPS) is 22.5. The Bertz CT molecular complexity index is 352. The van der Waals surface area contributed by atoms with Gasteiger partial charge in [0.05, 0.1) is 0 Å². The van der Waals surface area contributed by atoms with Crippen molar-refractivity contribution in [3.8, 4) is 0 Å². The summed E-state index contributed by atoms with van der Waals surface area (Å²) in [5.74, 6) is 0.847. The number of nitrogens with zero attached hydrogens (tertiary/aromatic N) is 2. The van der Waals surface area contributed by atoms with E-state index in [1.54, 1.807) is 0 Å². The van der Waals surface area contributed by atoms with Gasteiger partial charge in [-0.1, -0.05) is 13.0 Å². The molecule has 1 N–H and O–H groups in total. The first-order valence-corrected chi connectivity index (χ1v) is 7.62. The molecule has 1 aromatic heterocycles. The maximum absolute atomic E-state index is 4.39. The quantitative estimate of drug-likeness (QED) is 0.728. The maximum atomic E-state index is 4.39. The Kier molecular flexibility index (Phi) is 5.80. The maximum Gasteiger partial charge on any atom is 0.0416 e. The molecule has 1 aliphatic carbocycles. The molecule has 0 aromatic carbocycles. The van der Waals surface area contributed by atoms with Gasteiger partial charge >= 0.3 is 0 Å². The SMILES string of the molecule is CCCNCC1CCC1N(C)CCc1ccccn1. The second-order valence-electron chi connectivity index (χ2n) is 5.66. The van der Waals surface area contributed by atoms with Crippen LogP contribution in [0.2, 0.25) is 0 Å². The lowest BCUT2D eigenvalue weighted by Crippen LogP contribution is -2.49. The average Bonchev–Trinajstić information content (AvgIpc) is 2.41. The van der Waals surface area contributed by atoms with Crippen LogP contribution in [-0.2, 0) is 6.42 Å². The van der Waals surface area contributed by atoms with Crippen molar-refractivity contribution in [3.05, 3.63) is 30.1 Å². The fourth-order valence-corrected chi connectivity index (χ4v) is 2.84. The predicted molar refractivity (Wildman–Crippen MR) is 80.2 cm³/mol. The van der Waals surface area contributed by atoms with Gasteiger partial charge in [-0.3, -0.25) is 4.98 Å². The van der Waals surface area contributed by atoms with E-state index in [1.165, 1.54) is 31.5 Å². The molecule has 2 unspecified atom stereocenters. The first-order chi connectivity index (χ1) is 9.31. The van der Waals surface area contributed by atoms with Crippen LogP contribution >= 0.6 is 0 Å². The van der Waals surface area contributed by atoms with Gasteiger partial charge < -0.3 is 10.2 Å². The van der Waals surface area contributed by atoms with E-state index in [1.807, 2.05) is 12.3 Å². The minimum Gasteiger partial charge on any atom is -0.316 e. The summed E-state index contributed by atoms with van der Waals surface area (Å²) in [6, 6.07) is 6.94. The van der Waals surface area contributed by atoms with Crippen molar-refractivity contribution < 1.29 is 0 Å². The van der Waals surface area contributed by atoms with Crippen molar-refractivity contribution in [2.24, 2.45) is 5.92 Å². The van der Waals surface area contributed by atoms with Crippen molar-refractivity contribution in [1.82, 2.24) is 15.2 Å². The van der Waals surface area contributed by atoms with E-state index in [2.05, 4.69) is 41.3 Å². The number of rotatable bonds is 8. The minimum atomic E-state index is 0.771. The third-order valence-corrected chi connectivity index (χ3v) is 4.22. The summed E-state index contributed by atoms with van der Waals surface area (Å²) >= 11 is 0. The lowest BCUT2D eigenvalue weighted by molar-refractivity contribution is 0.0847. The van der Waals surface area contributed by atoms with Gasteiger partial charge in [-0.2, -0.15) is 0 Å². The van der Waals surface area contributed by atoms with Gasteiger partial charge in [0.2, 0.25) is 0 Å². The van der Waals surface area contributed by atoms with Crippen molar-refractivity contribution in [3.63, 3.8) is 0 Å². The van der Waals surface area contributed by atoms with Crippen LogP contribution < -0.4 is 5.32 Å². The number of nitrogens with one attached hydrogen (secondary N) is 1. The van der Waals surface area contributed by atoms with Gasteiger partial charge in [-0.05, 0) is 57.5 Å². The zero-order valence-electron chi connectivity index (χ0n) is 12.3. The van der Waals surface area contributed by atoms with Crippen LogP contribution in [0.1, 0.15) is 31.9 Å². The van der Waals surface area contributed by atoms with Crippen LogP contribution in [0.25, 0.3) is 0 Å². The molecule has 19 heavy (non-hydrogen) atoms. The number of hydrogen-bond acceptors (Lipinski definition) is 3. The van der Waals surface area contributed by atoms with Gasteiger partial charge in [-0.15, -0.1) is 0 Å². The molecule has 3 heteroatoms. The van der Waals surface area contributed by atoms with Crippen LogP contribution in [0, 0.1) is 5.92 Å². The standard InChI is InChI=1S/C16H27N3/c1-3-10-17-13-14-7-8-16(14)19(2)12-9-15-6-4-5-11-18-15/h4-6,11,14,16-17H,3,7-10,12-13H2,1-2H3. The molecule has 0 spiro atoms. The Balaban J connectivity index is 1.69. The average molecular weight is 261 g/mol. The monoisotopic (exact) mass is 261 g/mol. The fourth-order valence-electron chi connectivity index (χ4n) is 2.84. The van der Waals surface area contributed by atoms with Crippen LogP contribution in [-0.4, -0.2) is 42.6 Å². The lowest BCUT2D eigenvalue weighted by Gasteiger charge is -2.43. The minimum absolute atomic E-state index is 0.771. The van der Waals surface area contributed by atoms with Crippen LogP contribution in [0.15, 0.2) is 24.4 Å². The second-order valence-corrected chi connectivity index (χ2v) is 5.66. The Morgan fingerprint density at radius 2 is 2.26 bits per heavy atom. The first kappa shape index (κ1) is 14.5. The Labute approximate surface area is 117 Å². The smallest absolute Gasteiger partial charge is 0.0416 e. The van der Waals surface area contributed by atoms with Gasteiger partial charge in [0.1, 0.15) is 0 Å². The van der Waals surface area contributed by atoms with E-state index in [0.29, 0.717) is 0 Å². The van der Waals surface area contributed by atoms with E-state index in [0.717, 1.165) is 31.5 Å². The first-order valence-electron chi connectivity index (χ1n) is 7.62. The summed E-state index contributed by atoms with van der Waals surface area (Å²) in [5.41, 5.74) is 1.20. The molecule has 2 rings (SSSR count). The summed E-state index contributed by atoms with van der Waals surface area (Å²) in [6.45, 7) is 5.68. The van der Waals surface area contributed by atoms with Crippen molar-refractivity contribution in [2.45, 2.75) is 38.6 Å². The zero-order valence-corrected chi connectivity index (χ0v) is 12.3. The second kappa shape index (κ2) is 7.61. The summed E-state index contributed by atoms with van der Waals surface area (Å²) in [5, 5.41) is 3.56. The highest BCUT2D eigenvalue weighted by atomic mass is 15.1. The molecule has 1 heterocycles. The summed E-state index contributed by atoms with van der Waals surface area (Å²) < 4.78 is 0. The lowest BCUT2D eigenvalue weighted by atomic mass is 9.78. The van der Waals surface area contributed by atoms with Crippen LogP contribution in [0.3, 0.4) is 0 Å². The van der Waals surface area contributed by atoms with E-state index in [9.17, 15) is 0 Å². The van der Waals surface area contributed by atoms with Gasteiger partial charge in [0.25, 0.3) is 0 Å². The summed E-state index contributed by atoms with van der Waals surface area (Å²) in [6.07, 6.45) is 6.92. The topological polar surface area (TPSA) is 28.2 Å². The number of likely N-dealkylation sites (N-methyl/N-ethyl adjacent to an activating group) is 1. The molecule has 0 aliphatic heterocycles. The molecule has 1 aromatic rings. The highest BCUT2D eigenvalue weighted by Gasteiger charge is 2.32. The summed E-state index contributed by atoms with van der Waals surface area (Å²) in [4.78, 5) is 6.92. The molecular weight excluding hydrogens is 234 g/mol. The summed E-state index contributed by atoms with van der Waals surface area (Å²) in [7, 11) is 2.26. The molecule has 106 valence electrons. The molecule has 2 atom stereocenters. The van der Waals surface area contributed by atoms with Gasteiger partial charge in [-0.25, -0.2) is 0 Å². The molecule has 1 aliphatic rings. The van der Waals surface area contributed by atoms with E-state index >= 15 is 0 Å². The molecular formula is C16H27N3. The number of hydrogen-bond donors (Lipinski definition) is 1. The third-order valence-electron chi connectivity index (χ3n) is 4.22. The Morgan fingerprint density at radius 3 is 2.89 bits per heavy atom. The van der Waals surface area contributed by atoms with Crippen molar-refractivity contribution >= 4 is 0 Å². The van der Waals surface area contributed by atoms with E-state index in [4.69, 9.17) is 0 Å². The fraction of sp³-hybridized carbons (Fsp3) is 0.688. The van der Waals surface area contributed by atoms with Crippen molar-refractivity contribution in [2.75, 3.05) is 26.7 Å². The van der Waals surface area contributed by atoms with E-state index < -0.39 is 0 Å². The highest BCUT2D eigenvalue weighted by molar-refractivity contribution is 5.04. The van der Waals surface area contributed by atoms with Crippen molar-refractivity contribution in [1.29, 1.82) is 0 Å². The van der Waals surface area contributed by atoms with E-state index in [-0.39, 0.29) is 0 Å². The highest BCUT2D eigenvalue weighted by Crippen LogP contribution is 2.30. The number of pyridine rings is 1. The predicted octanol–water partition coefficient (Wildman–Crippen LogP) is 2.33. The Hall–Kier alpha value is -0.930. The number of aromatic nitrogens is 1. The van der Waals surface area contributed by atoms with Crippen LogP contribution in [0.5, 0.6) is 0 Å². The molecule has 1 saturated carbocycles. The molecule has 1 fully saturated rings.